The van der Waals surface area contributed by atoms with E-state index in [-0.39, 0.29) is 42.5 Å². The molecule has 2 aromatic heterocycles. The monoisotopic (exact) mass is 639 g/mol. The van der Waals surface area contributed by atoms with E-state index >= 15 is 4.39 Å². The number of ether oxygens (including phenoxy) is 1. The van der Waals surface area contributed by atoms with E-state index in [2.05, 4.69) is 15.2 Å². The Kier molecular flexibility index (Phi) is 9.96. The Balaban J connectivity index is 0.00000423. The fraction of sp³-hybridized carbons (Fsp3) is 0.333. The van der Waals surface area contributed by atoms with Crippen LogP contribution in [0.2, 0.25) is 5.02 Å². The molecule has 1 atom stereocenters. The van der Waals surface area contributed by atoms with Crippen LogP contribution in [0.3, 0.4) is 0 Å². The maximum absolute atomic E-state index is 15.3. The number of halogens is 6. The lowest BCUT2D eigenvalue weighted by Crippen LogP contribution is -2.52. The molecule has 7 nitrogen and oxygen atoms in total. The number of aryl methyl sites for hydroxylation is 1. The summed E-state index contributed by atoms with van der Waals surface area (Å²) in [5, 5.41) is 3.35. The van der Waals surface area contributed by atoms with Crippen molar-refractivity contribution < 1.29 is 27.1 Å². The maximum Gasteiger partial charge on any atom is 0.422 e. The lowest BCUT2D eigenvalue weighted by atomic mass is 10.1. The van der Waals surface area contributed by atoms with Crippen molar-refractivity contribution in [1.82, 2.24) is 14.7 Å². The minimum Gasteiger partial charge on any atom is -0.484 e. The molecule has 2 aromatic carbocycles. The standard InChI is InChI=1S/C30H30ClF4N5O2.ClH/c1-3-25-28(40-17-21(31)5-11-27(40)37-25)29(41)36-15-20-4-10-26(24(32)14-20)38-12-13-39(19(2)16-38)22-6-8-23(9-7-22)42-18-30(33,34)35;/h4-11,14,17,19H,3,12-13,15-16,18H2,1-2H3,(H,36,41);1H/t19-;/m0./s1. The molecule has 1 amide bonds. The summed E-state index contributed by atoms with van der Waals surface area (Å²) in [5.74, 6) is -0.560. The van der Waals surface area contributed by atoms with Gasteiger partial charge in [-0.15, -0.1) is 12.4 Å². The van der Waals surface area contributed by atoms with Crippen molar-refractivity contribution >= 4 is 46.9 Å². The van der Waals surface area contributed by atoms with Crippen molar-refractivity contribution in [2.45, 2.75) is 39.0 Å². The smallest absolute Gasteiger partial charge is 0.422 e. The number of benzene rings is 2. The van der Waals surface area contributed by atoms with Gasteiger partial charge in [-0.2, -0.15) is 13.2 Å². The highest BCUT2D eigenvalue weighted by Crippen LogP contribution is 2.28. The topological polar surface area (TPSA) is 62.1 Å². The molecule has 0 radical (unpaired) electrons. The quantitative estimate of drug-likeness (QED) is 0.218. The molecule has 5 rings (SSSR count). The second-order valence-corrected chi connectivity index (χ2v) is 10.6. The van der Waals surface area contributed by atoms with E-state index in [1.807, 2.05) is 18.7 Å². The minimum absolute atomic E-state index is 0. The number of amides is 1. The summed E-state index contributed by atoms with van der Waals surface area (Å²) in [6.07, 6.45) is -2.18. The molecule has 0 unspecified atom stereocenters. The lowest BCUT2D eigenvalue weighted by molar-refractivity contribution is -0.153. The number of alkyl halides is 3. The number of rotatable bonds is 8. The Hall–Kier alpha value is -3.70. The van der Waals surface area contributed by atoms with Gasteiger partial charge in [0, 0.05) is 44.1 Å². The fourth-order valence-corrected chi connectivity index (χ4v) is 5.36. The van der Waals surface area contributed by atoms with Gasteiger partial charge in [0.05, 0.1) is 16.4 Å². The molecular weight excluding hydrogens is 609 g/mol. The molecule has 43 heavy (non-hydrogen) atoms. The van der Waals surface area contributed by atoms with Crippen molar-refractivity contribution in [2.75, 3.05) is 36.0 Å². The first-order valence-electron chi connectivity index (χ1n) is 13.6. The van der Waals surface area contributed by atoms with Crippen LogP contribution in [0.25, 0.3) is 5.65 Å². The van der Waals surface area contributed by atoms with Gasteiger partial charge in [0.2, 0.25) is 0 Å². The van der Waals surface area contributed by atoms with Crippen LogP contribution in [0.1, 0.15) is 35.6 Å². The van der Waals surface area contributed by atoms with E-state index in [4.69, 9.17) is 16.3 Å². The second kappa shape index (κ2) is 13.3. The molecule has 0 saturated carbocycles. The third-order valence-corrected chi connectivity index (χ3v) is 7.43. The molecule has 1 aliphatic heterocycles. The van der Waals surface area contributed by atoms with Crippen LogP contribution in [0.5, 0.6) is 5.75 Å². The Morgan fingerprint density at radius 1 is 1.12 bits per heavy atom. The van der Waals surface area contributed by atoms with Crippen LogP contribution >= 0.6 is 24.0 Å². The summed E-state index contributed by atoms with van der Waals surface area (Å²) in [6, 6.07) is 14.9. The Morgan fingerprint density at radius 3 is 2.51 bits per heavy atom. The van der Waals surface area contributed by atoms with Crippen LogP contribution in [0.4, 0.5) is 28.9 Å². The van der Waals surface area contributed by atoms with Crippen molar-refractivity contribution in [2.24, 2.45) is 0 Å². The average Bonchev–Trinajstić information content (AvgIpc) is 3.32. The normalized spacial score (nSPS) is 15.4. The largest absolute Gasteiger partial charge is 0.484 e. The molecule has 1 saturated heterocycles. The van der Waals surface area contributed by atoms with Gasteiger partial charge < -0.3 is 19.9 Å². The molecule has 0 spiro atoms. The third-order valence-electron chi connectivity index (χ3n) is 7.21. The number of anilines is 2. The van der Waals surface area contributed by atoms with Crippen molar-refractivity contribution in [3.8, 4) is 5.75 Å². The number of fused-ring (bicyclic) bond motifs is 1. The van der Waals surface area contributed by atoms with Gasteiger partial charge in [0.1, 0.15) is 22.9 Å². The lowest BCUT2D eigenvalue weighted by Gasteiger charge is -2.42. The van der Waals surface area contributed by atoms with Crippen LogP contribution in [0, 0.1) is 5.82 Å². The zero-order valence-electron chi connectivity index (χ0n) is 23.5. The first-order chi connectivity index (χ1) is 20.0. The average molecular weight is 641 g/mol. The van der Waals surface area contributed by atoms with Gasteiger partial charge in [0.25, 0.3) is 5.91 Å². The number of hydrogen-bond donors (Lipinski definition) is 1. The summed E-state index contributed by atoms with van der Waals surface area (Å²) in [4.78, 5) is 21.7. The molecule has 4 aromatic rings. The highest BCUT2D eigenvalue weighted by atomic mass is 35.5. The van der Waals surface area contributed by atoms with Crippen molar-refractivity contribution in [3.63, 3.8) is 0 Å². The highest BCUT2D eigenvalue weighted by Gasteiger charge is 2.29. The number of carbonyl (C=O) groups excluding carboxylic acids is 1. The number of carbonyl (C=O) groups is 1. The summed E-state index contributed by atoms with van der Waals surface area (Å²) in [7, 11) is 0. The molecular formula is C30H31Cl2F4N5O2. The third kappa shape index (κ3) is 7.45. The molecule has 13 heteroatoms. The van der Waals surface area contributed by atoms with E-state index < -0.39 is 12.8 Å². The highest BCUT2D eigenvalue weighted by molar-refractivity contribution is 6.30. The Bertz CT molecular complexity index is 1580. The number of nitrogens with zero attached hydrogens (tertiary/aromatic N) is 4. The summed E-state index contributed by atoms with van der Waals surface area (Å²) in [5.41, 5.74) is 3.62. The van der Waals surface area contributed by atoms with Gasteiger partial charge in [0.15, 0.2) is 6.61 Å². The summed E-state index contributed by atoms with van der Waals surface area (Å²) in [6.45, 7) is 4.44. The minimum atomic E-state index is -4.39. The van der Waals surface area contributed by atoms with Crippen molar-refractivity contribution in [3.05, 3.63) is 88.6 Å². The first kappa shape index (κ1) is 32.2. The molecule has 1 fully saturated rings. The number of piperazine rings is 1. The van der Waals surface area contributed by atoms with Crippen LogP contribution in [-0.4, -0.2) is 53.8 Å². The summed E-state index contributed by atoms with van der Waals surface area (Å²) >= 11 is 6.13. The summed E-state index contributed by atoms with van der Waals surface area (Å²) < 4.78 is 58.9. The number of nitrogens with one attached hydrogen (secondary N) is 1. The van der Waals surface area contributed by atoms with Gasteiger partial charge in [-0.05, 0) is 67.4 Å². The zero-order valence-corrected chi connectivity index (χ0v) is 25.1. The van der Waals surface area contributed by atoms with Crippen LogP contribution in [-0.2, 0) is 13.0 Å². The van der Waals surface area contributed by atoms with E-state index in [9.17, 15) is 18.0 Å². The Morgan fingerprint density at radius 2 is 1.86 bits per heavy atom. The SMILES string of the molecule is CCc1nc2ccc(Cl)cn2c1C(=O)NCc1ccc(N2CCN(c3ccc(OCC(F)(F)F)cc3)[C@@H](C)C2)c(F)c1.Cl. The van der Waals surface area contributed by atoms with E-state index in [0.29, 0.717) is 59.4 Å². The maximum atomic E-state index is 15.3. The fourth-order valence-electron chi connectivity index (χ4n) is 5.20. The van der Waals surface area contributed by atoms with Gasteiger partial charge in [-0.25, -0.2) is 9.37 Å². The van der Waals surface area contributed by atoms with Crippen LogP contribution < -0.4 is 19.9 Å². The molecule has 1 N–H and O–H groups in total. The van der Waals surface area contributed by atoms with Crippen LogP contribution in [0.15, 0.2) is 60.8 Å². The van der Waals surface area contributed by atoms with Crippen molar-refractivity contribution in [1.29, 1.82) is 0 Å². The second-order valence-electron chi connectivity index (χ2n) is 10.2. The first-order valence-corrected chi connectivity index (χ1v) is 13.9. The zero-order chi connectivity index (χ0) is 30.0. The van der Waals surface area contributed by atoms with E-state index in [1.54, 1.807) is 47.0 Å². The Labute approximate surface area is 257 Å². The molecule has 0 bridgehead atoms. The number of imidazole rings is 1. The number of hydrogen-bond acceptors (Lipinski definition) is 5. The predicted molar refractivity (Wildman–Crippen MR) is 161 cm³/mol. The molecule has 3 heterocycles. The van der Waals surface area contributed by atoms with Gasteiger partial charge >= 0.3 is 6.18 Å². The number of aromatic nitrogens is 2. The van der Waals surface area contributed by atoms with Gasteiger partial charge in [-0.3, -0.25) is 9.20 Å². The molecule has 0 aliphatic carbocycles. The van der Waals surface area contributed by atoms with E-state index in [0.717, 1.165) is 5.69 Å². The van der Waals surface area contributed by atoms with Gasteiger partial charge in [-0.1, -0.05) is 24.6 Å². The molecule has 230 valence electrons. The van der Waals surface area contributed by atoms with E-state index in [1.165, 1.54) is 18.2 Å². The number of pyridine rings is 1. The molecule has 1 aliphatic rings. The predicted octanol–water partition coefficient (Wildman–Crippen LogP) is 6.70.